The maximum atomic E-state index is 12.2. The van der Waals surface area contributed by atoms with Gasteiger partial charge in [0.05, 0.1) is 0 Å². The molecule has 0 aliphatic carbocycles. The summed E-state index contributed by atoms with van der Waals surface area (Å²) in [6.45, 7) is 21.2. The third-order valence-corrected chi connectivity index (χ3v) is 11.9. The number of carbonyl (C=O) groups is 1. The fourth-order valence-electron chi connectivity index (χ4n) is 3.87. The van der Waals surface area contributed by atoms with Gasteiger partial charge in [-0.1, -0.05) is 71.7 Å². The Morgan fingerprint density at radius 3 is 2.25 bits per heavy atom. The number of rotatable bonds is 10. The second kappa shape index (κ2) is 14.1. The minimum Gasteiger partial charge on any atom is -0.415 e. The average molecular weight is 515 g/mol. The van der Waals surface area contributed by atoms with E-state index in [0.29, 0.717) is 16.8 Å². The largest absolute Gasteiger partial charge is 0.415 e. The third-order valence-electron chi connectivity index (χ3n) is 7.39. The lowest BCUT2D eigenvalue weighted by Gasteiger charge is -2.38. The van der Waals surface area contributed by atoms with Gasteiger partial charge in [0.25, 0.3) is 5.91 Å². The molecule has 36 heavy (non-hydrogen) atoms. The first-order chi connectivity index (χ1) is 17.0. The van der Waals surface area contributed by atoms with Crippen molar-refractivity contribution in [2.24, 2.45) is 0 Å². The zero-order chi connectivity index (χ0) is 26.8. The standard InChI is InChI=1S/C16H27NOSi.C13H23N3O/c1-16(2,3)19(4,5)18-12-15-10-13-8-6-7-9-14(13)11-17-15;1-4-6-8-16(9-7-5-2)13(17)12-10-11(3)14-15-12/h6-9,15,17H,10-12H2,1-5H3;10H,4-9H2,1-3H3,(H,14,15). The Morgan fingerprint density at radius 1 is 1.11 bits per heavy atom. The van der Waals surface area contributed by atoms with Crippen molar-refractivity contribution in [2.75, 3.05) is 19.7 Å². The fraction of sp³-hybridized carbons (Fsp3) is 0.655. The van der Waals surface area contributed by atoms with Crippen LogP contribution in [-0.4, -0.2) is 55.1 Å². The highest BCUT2D eigenvalue weighted by Crippen LogP contribution is 2.36. The van der Waals surface area contributed by atoms with Crippen LogP contribution in [-0.2, 0) is 17.4 Å². The lowest BCUT2D eigenvalue weighted by atomic mass is 9.96. The molecule has 1 aromatic heterocycles. The third kappa shape index (κ3) is 9.16. The normalized spacial score (nSPS) is 15.6. The summed E-state index contributed by atoms with van der Waals surface area (Å²) < 4.78 is 6.32. The predicted octanol–water partition coefficient (Wildman–Crippen LogP) is 6.48. The molecular formula is C29H50N4O2Si. The smallest absolute Gasteiger partial charge is 0.274 e. The summed E-state index contributed by atoms with van der Waals surface area (Å²) in [7, 11) is -1.62. The van der Waals surface area contributed by atoms with Gasteiger partial charge in [-0.15, -0.1) is 0 Å². The summed E-state index contributed by atoms with van der Waals surface area (Å²) in [6, 6.07) is 11.0. The van der Waals surface area contributed by atoms with Gasteiger partial charge in [0.2, 0.25) is 0 Å². The highest BCUT2D eigenvalue weighted by molar-refractivity contribution is 6.74. The van der Waals surface area contributed by atoms with Gasteiger partial charge in [0.1, 0.15) is 5.69 Å². The summed E-state index contributed by atoms with van der Waals surface area (Å²) >= 11 is 0. The molecule has 1 unspecified atom stereocenters. The van der Waals surface area contributed by atoms with Gasteiger partial charge < -0.3 is 14.6 Å². The minimum absolute atomic E-state index is 0.0521. The zero-order valence-corrected chi connectivity index (χ0v) is 25.0. The van der Waals surface area contributed by atoms with Crippen LogP contribution in [0.1, 0.15) is 87.6 Å². The van der Waals surface area contributed by atoms with Crippen molar-refractivity contribution >= 4 is 14.2 Å². The van der Waals surface area contributed by atoms with Crippen molar-refractivity contribution in [1.82, 2.24) is 20.4 Å². The number of H-pyrrole nitrogens is 1. The van der Waals surface area contributed by atoms with E-state index in [4.69, 9.17) is 4.43 Å². The van der Waals surface area contributed by atoms with Crippen molar-refractivity contribution in [1.29, 1.82) is 0 Å². The van der Waals surface area contributed by atoms with Gasteiger partial charge >= 0.3 is 0 Å². The number of hydrogen-bond donors (Lipinski definition) is 2. The summed E-state index contributed by atoms with van der Waals surface area (Å²) in [5, 5.41) is 10.7. The molecule has 0 spiro atoms. The van der Waals surface area contributed by atoms with Crippen LogP contribution < -0.4 is 5.32 Å². The summed E-state index contributed by atoms with van der Waals surface area (Å²) in [4.78, 5) is 14.1. The Labute approximate surface area is 220 Å². The number of amides is 1. The van der Waals surface area contributed by atoms with E-state index in [2.05, 4.69) is 87.5 Å². The van der Waals surface area contributed by atoms with E-state index in [1.54, 1.807) is 0 Å². The van der Waals surface area contributed by atoms with Gasteiger partial charge in [-0.25, -0.2) is 0 Å². The number of benzene rings is 1. The van der Waals surface area contributed by atoms with E-state index >= 15 is 0 Å². The molecule has 7 heteroatoms. The van der Waals surface area contributed by atoms with Crippen LogP contribution in [0.2, 0.25) is 18.1 Å². The van der Waals surface area contributed by atoms with Crippen LogP contribution in [0, 0.1) is 6.92 Å². The van der Waals surface area contributed by atoms with Gasteiger partial charge in [0.15, 0.2) is 8.32 Å². The van der Waals surface area contributed by atoms with Gasteiger partial charge in [-0.2, -0.15) is 5.10 Å². The number of aromatic nitrogens is 2. The Hall–Kier alpha value is -1.96. The SMILES string of the molecule is CC(C)(C)[Si](C)(C)OCC1Cc2ccccc2CN1.CCCCN(CCCC)C(=O)c1cc(C)[nH]n1. The lowest BCUT2D eigenvalue weighted by Crippen LogP contribution is -2.46. The van der Waals surface area contributed by atoms with E-state index in [0.717, 1.165) is 64.0 Å². The highest BCUT2D eigenvalue weighted by atomic mass is 28.4. The van der Waals surface area contributed by atoms with E-state index in [9.17, 15) is 4.79 Å². The number of hydrogen-bond acceptors (Lipinski definition) is 4. The number of carbonyl (C=O) groups excluding carboxylic acids is 1. The monoisotopic (exact) mass is 514 g/mol. The quantitative estimate of drug-likeness (QED) is 0.356. The number of nitrogens with one attached hydrogen (secondary N) is 2. The zero-order valence-electron chi connectivity index (χ0n) is 24.0. The molecule has 2 N–H and O–H groups in total. The van der Waals surface area contributed by atoms with E-state index in [1.165, 1.54) is 11.1 Å². The Balaban J connectivity index is 0.000000255. The molecule has 2 aromatic rings. The summed E-state index contributed by atoms with van der Waals surface area (Å²) in [6.07, 6.45) is 5.41. The van der Waals surface area contributed by atoms with Crippen LogP contribution >= 0.6 is 0 Å². The summed E-state index contributed by atoms with van der Waals surface area (Å²) in [5.41, 5.74) is 4.38. The Kier molecular flexibility index (Phi) is 11.9. The Morgan fingerprint density at radius 2 is 1.72 bits per heavy atom. The molecule has 1 aromatic carbocycles. The second-order valence-electron chi connectivity index (χ2n) is 11.6. The van der Waals surface area contributed by atoms with E-state index in [1.807, 2.05) is 17.9 Å². The van der Waals surface area contributed by atoms with Crippen molar-refractivity contribution in [3.05, 3.63) is 52.8 Å². The number of aromatic amines is 1. The van der Waals surface area contributed by atoms with Gasteiger partial charge in [-0.05, 0) is 61.5 Å². The molecule has 0 saturated carbocycles. The minimum atomic E-state index is -1.62. The first-order valence-corrected chi connectivity index (χ1v) is 16.6. The molecule has 1 aliphatic heterocycles. The number of aryl methyl sites for hydroxylation is 1. The number of nitrogens with zero attached hydrogens (tertiary/aromatic N) is 2. The maximum absolute atomic E-state index is 12.2. The first-order valence-electron chi connectivity index (χ1n) is 13.7. The predicted molar refractivity (Wildman–Crippen MR) is 153 cm³/mol. The molecule has 0 bridgehead atoms. The molecule has 2 heterocycles. The molecule has 0 radical (unpaired) electrons. The van der Waals surface area contributed by atoms with Crippen LogP contribution in [0.25, 0.3) is 0 Å². The fourth-order valence-corrected chi connectivity index (χ4v) is 4.92. The van der Waals surface area contributed by atoms with Crippen molar-refractivity contribution in [2.45, 2.75) is 104 Å². The number of fused-ring (bicyclic) bond motifs is 1. The molecule has 0 fully saturated rings. The molecule has 0 saturated heterocycles. The topological polar surface area (TPSA) is 70.2 Å². The molecule has 202 valence electrons. The highest BCUT2D eigenvalue weighted by Gasteiger charge is 2.37. The molecule has 1 atom stereocenters. The molecule has 1 amide bonds. The molecular weight excluding hydrogens is 464 g/mol. The van der Waals surface area contributed by atoms with Crippen LogP contribution in [0.3, 0.4) is 0 Å². The molecule has 3 rings (SSSR count). The van der Waals surface area contributed by atoms with Gasteiger partial charge in [0, 0.05) is 38.0 Å². The summed E-state index contributed by atoms with van der Waals surface area (Å²) in [5.74, 6) is 0.0521. The van der Waals surface area contributed by atoms with Gasteiger partial charge in [-0.3, -0.25) is 9.89 Å². The number of unbranched alkanes of at least 4 members (excludes halogenated alkanes) is 2. The lowest BCUT2D eigenvalue weighted by molar-refractivity contribution is 0.0745. The first kappa shape index (κ1) is 30.3. The van der Waals surface area contributed by atoms with Crippen LogP contribution in [0.5, 0.6) is 0 Å². The van der Waals surface area contributed by atoms with E-state index < -0.39 is 8.32 Å². The van der Waals surface area contributed by atoms with Crippen molar-refractivity contribution < 1.29 is 9.22 Å². The average Bonchev–Trinajstić information content (AvgIpc) is 3.28. The molecule has 1 aliphatic rings. The Bertz CT molecular complexity index is 927. The molecule has 6 nitrogen and oxygen atoms in total. The van der Waals surface area contributed by atoms with Crippen molar-refractivity contribution in [3.63, 3.8) is 0 Å². The van der Waals surface area contributed by atoms with Crippen LogP contribution in [0.15, 0.2) is 30.3 Å². The van der Waals surface area contributed by atoms with Crippen molar-refractivity contribution in [3.8, 4) is 0 Å². The maximum Gasteiger partial charge on any atom is 0.274 e. The van der Waals surface area contributed by atoms with E-state index in [-0.39, 0.29) is 5.91 Å². The van der Waals surface area contributed by atoms with Crippen LogP contribution in [0.4, 0.5) is 0 Å². The second-order valence-corrected chi connectivity index (χ2v) is 16.4.